The Hall–Kier alpha value is -2.18. The molecular weight excluding hydrogens is 316 g/mol. The van der Waals surface area contributed by atoms with Crippen molar-refractivity contribution < 1.29 is 9.53 Å². The zero-order valence-corrected chi connectivity index (χ0v) is 13.4. The van der Waals surface area contributed by atoms with Gasteiger partial charge in [0.05, 0.1) is 17.7 Å². The number of para-hydroxylation sites is 2. The number of anilines is 1. The maximum atomic E-state index is 12.7. The lowest BCUT2D eigenvalue weighted by Gasteiger charge is -2.17. The van der Waals surface area contributed by atoms with Crippen molar-refractivity contribution in [2.45, 2.75) is 0 Å². The van der Waals surface area contributed by atoms with Gasteiger partial charge in [0.15, 0.2) is 4.32 Å². The molecule has 2 heterocycles. The van der Waals surface area contributed by atoms with Crippen LogP contribution in [0.25, 0.3) is 6.08 Å². The van der Waals surface area contributed by atoms with E-state index in [-0.39, 0.29) is 5.91 Å². The summed E-state index contributed by atoms with van der Waals surface area (Å²) in [5, 5.41) is 0. The summed E-state index contributed by atoms with van der Waals surface area (Å²) < 4.78 is 5.81. The summed E-state index contributed by atoms with van der Waals surface area (Å²) in [5.41, 5.74) is 1.52. The summed E-state index contributed by atoms with van der Waals surface area (Å²) in [6.45, 7) is 0. The van der Waals surface area contributed by atoms with Gasteiger partial charge in [-0.05, 0) is 29.8 Å². The number of hydrogen-bond donors (Lipinski definition) is 0. The first-order valence-electron chi connectivity index (χ1n) is 6.51. The molecule has 3 rings (SSSR count). The fourth-order valence-electron chi connectivity index (χ4n) is 2.10. The van der Waals surface area contributed by atoms with Crippen molar-refractivity contribution in [2.75, 3.05) is 12.0 Å². The van der Waals surface area contributed by atoms with Gasteiger partial charge in [0.25, 0.3) is 5.91 Å². The number of thiocarbonyl (C=S) groups is 1. The number of amides is 1. The highest BCUT2D eigenvalue weighted by atomic mass is 32.2. The highest BCUT2D eigenvalue weighted by molar-refractivity contribution is 8.27. The van der Waals surface area contributed by atoms with E-state index in [0.29, 0.717) is 20.7 Å². The molecule has 1 aromatic heterocycles. The number of aromatic nitrogens is 1. The fourth-order valence-corrected chi connectivity index (χ4v) is 3.39. The number of methoxy groups -OCH3 is 1. The molecule has 1 aliphatic heterocycles. The lowest BCUT2D eigenvalue weighted by molar-refractivity contribution is -0.113. The van der Waals surface area contributed by atoms with E-state index in [1.54, 1.807) is 31.6 Å². The highest BCUT2D eigenvalue weighted by Gasteiger charge is 2.34. The van der Waals surface area contributed by atoms with Gasteiger partial charge >= 0.3 is 0 Å². The first-order valence-corrected chi connectivity index (χ1v) is 7.74. The van der Waals surface area contributed by atoms with Crippen LogP contribution in [0.4, 0.5) is 5.69 Å². The molecule has 1 aromatic carbocycles. The van der Waals surface area contributed by atoms with Gasteiger partial charge < -0.3 is 4.74 Å². The molecule has 110 valence electrons. The van der Waals surface area contributed by atoms with Crippen LogP contribution in [0.15, 0.2) is 53.7 Å². The van der Waals surface area contributed by atoms with Crippen molar-refractivity contribution >= 4 is 46.0 Å². The molecule has 1 aliphatic rings. The van der Waals surface area contributed by atoms with Crippen molar-refractivity contribution in [1.82, 2.24) is 4.98 Å². The van der Waals surface area contributed by atoms with Crippen LogP contribution in [-0.2, 0) is 4.79 Å². The molecular formula is C16H12N2O2S2. The number of pyridine rings is 1. The van der Waals surface area contributed by atoms with Crippen LogP contribution in [0, 0.1) is 0 Å². The normalized spacial score (nSPS) is 16.4. The molecule has 0 spiro atoms. The van der Waals surface area contributed by atoms with Crippen LogP contribution in [-0.4, -0.2) is 22.3 Å². The average molecular weight is 328 g/mol. The average Bonchev–Trinajstić information content (AvgIpc) is 2.82. The molecule has 2 aromatic rings. The highest BCUT2D eigenvalue weighted by Crippen LogP contribution is 2.39. The Morgan fingerprint density at radius 1 is 1.27 bits per heavy atom. The van der Waals surface area contributed by atoms with Gasteiger partial charge in [-0.15, -0.1) is 0 Å². The van der Waals surface area contributed by atoms with Crippen LogP contribution in [0.5, 0.6) is 5.75 Å². The monoisotopic (exact) mass is 328 g/mol. The molecule has 0 unspecified atom stereocenters. The number of thioether (sulfide) groups is 1. The quantitative estimate of drug-likeness (QED) is 0.637. The Morgan fingerprint density at radius 3 is 2.82 bits per heavy atom. The first kappa shape index (κ1) is 14.7. The van der Waals surface area contributed by atoms with Gasteiger partial charge in [-0.2, -0.15) is 0 Å². The van der Waals surface area contributed by atoms with Crippen molar-refractivity contribution in [3.8, 4) is 5.75 Å². The third-order valence-electron chi connectivity index (χ3n) is 3.10. The van der Waals surface area contributed by atoms with Gasteiger partial charge in [-0.25, -0.2) is 0 Å². The molecule has 4 nitrogen and oxygen atoms in total. The topological polar surface area (TPSA) is 42.4 Å². The van der Waals surface area contributed by atoms with Crippen LogP contribution < -0.4 is 9.64 Å². The zero-order chi connectivity index (χ0) is 15.5. The summed E-state index contributed by atoms with van der Waals surface area (Å²) in [4.78, 5) is 18.8. The molecule has 0 saturated carbocycles. The minimum absolute atomic E-state index is 0.150. The van der Waals surface area contributed by atoms with Crippen LogP contribution in [0.2, 0.25) is 0 Å². The van der Waals surface area contributed by atoms with E-state index < -0.39 is 0 Å². The Labute approximate surface area is 137 Å². The predicted molar refractivity (Wildman–Crippen MR) is 92.9 cm³/mol. The van der Waals surface area contributed by atoms with Crippen molar-refractivity contribution in [3.05, 3.63) is 59.3 Å². The molecule has 0 aliphatic carbocycles. The first-order chi connectivity index (χ1) is 10.7. The van der Waals surface area contributed by atoms with Crippen molar-refractivity contribution in [1.29, 1.82) is 0 Å². The lowest BCUT2D eigenvalue weighted by Crippen LogP contribution is -2.27. The Balaban J connectivity index is 1.97. The van der Waals surface area contributed by atoms with E-state index in [0.717, 1.165) is 5.56 Å². The van der Waals surface area contributed by atoms with E-state index in [1.165, 1.54) is 16.7 Å². The van der Waals surface area contributed by atoms with Gasteiger partial charge in [0.1, 0.15) is 5.75 Å². The molecule has 0 bridgehead atoms. The van der Waals surface area contributed by atoms with Crippen LogP contribution in [0.3, 0.4) is 0 Å². The number of carbonyl (C=O) groups is 1. The molecule has 0 radical (unpaired) electrons. The van der Waals surface area contributed by atoms with E-state index in [4.69, 9.17) is 17.0 Å². The number of benzene rings is 1. The molecule has 6 heteroatoms. The SMILES string of the molecule is COc1ccccc1N1C(=O)/C(=C\c2cccnc2)SC1=S. The van der Waals surface area contributed by atoms with E-state index in [1.807, 2.05) is 30.3 Å². The van der Waals surface area contributed by atoms with Gasteiger partial charge in [-0.3, -0.25) is 14.7 Å². The number of carbonyl (C=O) groups excluding carboxylic acids is 1. The molecule has 0 N–H and O–H groups in total. The third-order valence-corrected chi connectivity index (χ3v) is 4.40. The second-order valence-corrected chi connectivity index (χ2v) is 6.15. The number of rotatable bonds is 3. The van der Waals surface area contributed by atoms with Crippen molar-refractivity contribution in [3.63, 3.8) is 0 Å². The third kappa shape index (κ3) is 2.75. The summed E-state index contributed by atoms with van der Waals surface area (Å²) in [6, 6.07) is 11.0. The number of hydrogen-bond acceptors (Lipinski definition) is 5. The van der Waals surface area contributed by atoms with E-state index in [9.17, 15) is 4.79 Å². The molecule has 1 fully saturated rings. The van der Waals surface area contributed by atoms with E-state index in [2.05, 4.69) is 4.98 Å². The minimum Gasteiger partial charge on any atom is -0.495 e. The summed E-state index contributed by atoms with van der Waals surface area (Å²) in [5.74, 6) is 0.463. The van der Waals surface area contributed by atoms with Crippen LogP contribution in [0.1, 0.15) is 5.56 Å². The Bertz CT molecular complexity index is 760. The summed E-state index contributed by atoms with van der Waals surface area (Å²) >= 11 is 6.63. The predicted octanol–water partition coefficient (Wildman–Crippen LogP) is 3.50. The second kappa shape index (κ2) is 6.29. The van der Waals surface area contributed by atoms with Gasteiger partial charge in [0, 0.05) is 12.4 Å². The second-order valence-electron chi connectivity index (χ2n) is 4.48. The lowest BCUT2D eigenvalue weighted by atomic mass is 10.2. The maximum absolute atomic E-state index is 12.7. The zero-order valence-electron chi connectivity index (χ0n) is 11.7. The number of ether oxygens (including phenoxy) is 1. The van der Waals surface area contributed by atoms with Crippen molar-refractivity contribution in [2.24, 2.45) is 0 Å². The smallest absolute Gasteiger partial charge is 0.270 e. The number of nitrogens with zero attached hydrogens (tertiary/aromatic N) is 2. The van der Waals surface area contributed by atoms with Gasteiger partial charge in [-0.1, -0.05) is 42.2 Å². The van der Waals surface area contributed by atoms with Gasteiger partial charge in [0.2, 0.25) is 0 Å². The maximum Gasteiger partial charge on any atom is 0.270 e. The largest absolute Gasteiger partial charge is 0.495 e. The molecule has 1 amide bonds. The Kier molecular flexibility index (Phi) is 4.22. The van der Waals surface area contributed by atoms with E-state index >= 15 is 0 Å². The summed E-state index contributed by atoms with van der Waals surface area (Å²) in [7, 11) is 1.57. The van der Waals surface area contributed by atoms with Crippen LogP contribution >= 0.6 is 24.0 Å². The standard InChI is InChI=1S/C16H12N2O2S2/c1-20-13-7-3-2-6-12(13)18-15(19)14(22-16(18)21)9-11-5-4-8-17-10-11/h2-10H,1H3/b14-9+. The fraction of sp³-hybridized carbons (Fsp3) is 0.0625. The molecule has 1 saturated heterocycles. The molecule has 0 atom stereocenters. The Morgan fingerprint density at radius 2 is 2.09 bits per heavy atom. The minimum atomic E-state index is -0.150. The molecule has 22 heavy (non-hydrogen) atoms. The summed E-state index contributed by atoms with van der Waals surface area (Å²) in [6.07, 6.45) is 5.19.